The number of aryl methyl sites for hydroxylation is 1. The molecule has 0 atom stereocenters. The molecule has 0 radical (unpaired) electrons. The van der Waals surface area contributed by atoms with Gasteiger partial charge in [0.25, 0.3) is 5.69 Å². The number of carbonyl (C=O) groups excluding carboxylic acids is 1. The minimum absolute atomic E-state index is 0.00921. The van der Waals surface area contributed by atoms with Gasteiger partial charge in [-0.05, 0) is 30.2 Å². The molecule has 2 rings (SSSR count). The first-order valence-corrected chi connectivity index (χ1v) is 6.44. The molecule has 1 amide bonds. The van der Waals surface area contributed by atoms with Gasteiger partial charge in [0.2, 0.25) is 5.91 Å². The zero-order valence-electron chi connectivity index (χ0n) is 11.3. The lowest BCUT2D eigenvalue weighted by molar-refractivity contribution is -0.384. The summed E-state index contributed by atoms with van der Waals surface area (Å²) in [5.74, 6) is -0.160. The first-order chi connectivity index (χ1) is 10.1. The largest absolute Gasteiger partial charge is 0.399 e. The van der Waals surface area contributed by atoms with Crippen molar-refractivity contribution < 1.29 is 9.72 Å². The summed E-state index contributed by atoms with van der Waals surface area (Å²) < 4.78 is 0. The van der Waals surface area contributed by atoms with Crippen LogP contribution in [-0.2, 0) is 11.2 Å². The Bertz CT molecular complexity index is 653. The molecular formula is C15H15N3O3. The van der Waals surface area contributed by atoms with E-state index in [1.54, 1.807) is 6.07 Å². The second kappa shape index (κ2) is 6.51. The second-order valence-corrected chi connectivity index (χ2v) is 4.55. The smallest absolute Gasteiger partial charge is 0.269 e. The van der Waals surface area contributed by atoms with Crippen molar-refractivity contribution in [1.29, 1.82) is 0 Å². The predicted octanol–water partition coefficient (Wildman–Crippen LogP) is 2.75. The zero-order chi connectivity index (χ0) is 15.2. The predicted molar refractivity (Wildman–Crippen MR) is 80.9 cm³/mol. The van der Waals surface area contributed by atoms with Crippen LogP contribution in [0.3, 0.4) is 0 Å². The molecule has 0 spiro atoms. The Balaban J connectivity index is 1.90. The van der Waals surface area contributed by atoms with Crippen LogP contribution in [0.1, 0.15) is 12.0 Å². The molecule has 0 heterocycles. The maximum Gasteiger partial charge on any atom is 0.269 e. The molecule has 2 aromatic rings. The van der Waals surface area contributed by atoms with Crippen LogP contribution in [0.25, 0.3) is 0 Å². The molecule has 3 N–H and O–H groups in total. The molecule has 0 aromatic heterocycles. The number of nitrogens with two attached hydrogens (primary N) is 1. The molecule has 0 unspecified atom stereocenters. The molecule has 21 heavy (non-hydrogen) atoms. The maximum atomic E-state index is 11.8. The number of hydrogen-bond acceptors (Lipinski definition) is 4. The Hall–Kier alpha value is -2.89. The van der Waals surface area contributed by atoms with E-state index in [1.807, 2.05) is 18.2 Å². The quantitative estimate of drug-likeness (QED) is 0.501. The van der Waals surface area contributed by atoms with Crippen molar-refractivity contribution in [1.82, 2.24) is 0 Å². The average molecular weight is 285 g/mol. The van der Waals surface area contributed by atoms with Gasteiger partial charge in [0, 0.05) is 29.9 Å². The lowest BCUT2D eigenvalue weighted by Crippen LogP contribution is -2.12. The van der Waals surface area contributed by atoms with E-state index in [4.69, 9.17) is 5.73 Å². The fraction of sp³-hybridized carbons (Fsp3) is 0.133. The van der Waals surface area contributed by atoms with Gasteiger partial charge in [-0.25, -0.2) is 0 Å². The van der Waals surface area contributed by atoms with Gasteiger partial charge in [-0.1, -0.05) is 18.2 Å². The summed E-state index contributed by atoms with van der Waals surface area (Å²) in [5.41, 5.74) is 7.93. The molecule has 0 saturated carbocycles. The van der Waals surface area contributed by atoms with E-state index in [0.717, 1.165) is 5.56 Å². The first kappa shape index (κ1) is 14.5. The molecule has 0 bridgehead atoms. The topological polar surface area (TPSA) is 98.3 Å². The van der Waals surface area contributed by atoms with Crippen LogP contribution in [0, 0.1) is 10.1 Å². The summed E-state index contributed by atoms with van der Waals surface area (Å²) in [6.45, 7) is 0. The van der Waals surface area contributed by atoms with Crippen LogP contribution in [0.5, 0.6) is 0 Å². The third-order valence-corrected chi connectivity index (χ3v) is 3.04. The van der Waals surface area contributed by atoms with Gasteiger partial charge in [-0.2, -0.15) is 0 Å². The number of nitrogen functional groups attached to an aromatic ring is 1. The van der Waals surface area contributed by atoms with Crippen molar-refractivity contribution in [3.8, 4) is 0 Å². The molecule has 2 aromatic carbocycles. The summed E-state index contributed by atoms with van der Waals surface area (Å²) in [6.07, 6.45) is 0.844. The van der Waals surface area contributed by atoms with Crippen molar-refractivity contribution in [3.05, 3.63) is 64.2 Å². The van der Waals surface area contributed by atoms with Gasteiger partial charge in [0.05, 0.1) is 4.92 Å². The minimum atomic E-state index is -0.482. The maximum absolute atomic E-state index is 11.8. The van der Waals surface area contributed by atoms with Crippen LogP contribution in [0.4, 0.5) is 17.1 Å². The Morgan fingerprint density at radius 2 is 1.81 bits per heavy atom. The Kier molecular flexibility index (Phi) is 4.50. The van der Waals surface area contributed by atoms with Gasteiger partial charge >= 0.3 is 0 Å². The molecule has 0 aliphatic rings. The highest BCUT2D eigenvalue weighted by atomic mass is 16.6. The molecule has 0 fully saturated rings. The van der Waals surface area contributed by atoms with E-state index in [1.165, 1.54) is 24.3 Å². The number of para-hydroxylation sites is 1. The van der Waals surface area contributed by atoms with Gasteiger partial charge in [-0.15, -0.1) is 0 Å². The van der Waals surface area contributed by atoms with Crippen LogP contribution in [-0.4, -0.2) is 10.8 Å². The summed E-state index contributed by atoms with van der Waals surface area (Å²) in [7, 11) is 0. The van der Waals surface area contributed by atoms with Crippen LogP contribution in [0.2, 0.25) is 0 Å². The first-order valence-electron chi connectivity index (χ1n) is 6.44. The number of nitro groups is 1. The summed E-state index contributed by atoms with van der Waals surface area (Å²) in [5, 5.41) is 13.2. The van der Waals surface area contributed by atoms with Crippen molar-refractivity contribution in [3.63, 3.8) is 0 Å². The number of amides is 1. The number of anilines is 2. The average Bonchev–Trinajstić information content (AvgIpc) is 2.47. The molecule has 6 nitrogen and oxygen atoms in total. The van der Waals surface area contributed by atoms with Crippen LogP contribution >= 0.6 is 0 Å². The van der Waals surface area contributed by atoms with Crippen molar-refractivity contribution in [2.75, 3.05) is 11.1 Å². The third-order valence-electron chi connectivity index (χ3n) is 3.04. The highest BCUT2D eigenvalue weighted by Crippen LogP contribution is 2.16. The number of hydrogen-bond donors (Lipinski definition) is 2. The van der Waals surface area contributed by atoms with Gasteiger partial charge < -0.3 is 11.1 Å². The van der Waals surface area contributed by atoms with E-state index < -0.39 is 4.92 Å². The fourth-order valence-electron chi connectivity index (χ4n) is 1.90. The fourth-order valence-corrected chi connectivity index (χ4v) is 1.90. The summed E-state index contributed by atoms with van der Waals surface area (Å²) in [6, 6.07) is 13.1. The number of benzene rings is 2. The summed E-state index contributed by atoms with van der Waals surface area (Å²) in [4.78, 5) is 21.9. The van der Waals surface area contributed by atoms with E-state index in [-0.39, 0.29) is 11.6 Å². The number of non-ortho nitro benzene ring substituents is 1. The number of nitrogens with one attached hydrogen (secondary N) is 1. The highest BCUT2D eigenvalue weighted by molar-refractivity contribution is 5.91. The highest BCUT2D eigenvalue weighted by Gasteiger charge is 2.07. The minimum Gasteiger partial charge on any atom is -0.399 e. The monoisotopic (exact) mass is 285 g/mol. The van der Waals surface area contributed by atoms with E-state index in [2.05, 4.69) is 5.32 Å². The zero-order valence-corrected chi connectivity index (χ0v) is 11.3. The van der Waals surface area contributed by atoms with Crippen molar-refractivity contribution in [2.24, 2.45) is 0 Å². The SMILES string of the molecule is Nc1ccccc1CCC(=O)Nc1ccc([N+](=O)[O-])cc1. The molecule has 108 valence electrons. The Morgan fingerprint density at radius 3 is 2.43 bits per heavy atom. The lowest BCUT2D eigenvalue weighted by Gasteiger charge is -2.06. The third kappa shape index (κ3) is 4.04. The molecule has 0 aliphatic carbocycles. The number of nitro benzene ring substituents is 1. The van der Waals surface area contributed by atoms with Gasteiger partial charge in [-0.3, -0.25) is 14.9 Å². The molecule has 6 heteroatoms. The number of carbonyl (C=O) groups is 1. The normalized spacial score (nSPS) is 10.1. The second-order valence-electron chi connectivity index (χ2n) is 4.55. The van der Waals surface area contributed by atoms with Crippen molar-refractivity contribution >= 4 is 23.0 Å². The Morgan fingerprint density at radius 1 is 1.14 bits per heavy atom. The van der Waals surface area contributed by atoms with E-state index in [9.17, 15) is 14.9 Å². The Labute approximate surface area is 121 Å². The van der Waals surface area contributed by atoms with Crippen molar-refractivity contribution in [2.45, 2.75) is 12.8 Å². The number of nitrogens with zero attached hydrogens (tertiary/aromatic N) is 1. The standard InChI is InChI=1S/C15H15N3O3/c16-14-4-2-1-3-11(14)5-10-15(19)17-12-6-8-13(9-7-12)18(20)21/h1-4,6-9H,5,10,16H2,(H,17,19). The number of rotatable bonds is 5. The van der Waals surface area contributed by atoms with E-state index >= 15 is 0 Å². The van der Waals surface area contributed by atoms with Crippen LogP contribution < -0.4 is 11.1 Å². The van der Waals surface area contributed by atoms with Crippen LogP contribution in [0.15, 0.2) is 48.5 Å². The summed E-state index contributed by atoms with van der Waals surface area (Å²) >= 11 is 0. The molecule has 0 aliphatic heterocycles. The molecular weight excluding hydrogens is 270 g/mol. The van der Waals surface area contributed by atoms with Gasteiger partial charge in [0.1, 0.15) is 0 Å². The van der Waals surface area contributed by atoms with E-state index in [0.29, 0.717) is 24.2 Å². The lowest BCUT2D eigenvalue weighted by atomic mass is 10.1. The molecule has 0 saturated heterocycles. The van der Waals surface area contributed by atoms with Gasteiger partial charge in [0.15, 0.2) is 0 Å².